The van der Waals surface area contributed by atoms with Crippen molar-refractivity contribution in [1.29, 1.82) is 0 Å². The minimum atomic E-state index is 0.355. The molecular formula is C17H34N2. The maximum Gasteiger partial charge on any atom is 0.0331 e. The Morgan fingerprint density at radius 1 is 1.11 bits per heavy atom. The Morgan fingerprint density at radius 3 is 2.47 bits per heavy atom. The summed E-state index contributed by atoms with van der Waals surface area (Å²) in [5, 5.41) is 0. The van der Waals surface area contributed by atoms with Crippen molar-refractivity contribution in [1.82, 2.24) is 4.90 Å². The molecule has 0 amide bonds. The molecule has 2 fully saturated rings. The first-order valence-electron chi connectivity index (χ1n) is 8.65. The highest BCUT2D eigenvalue weighted by Gasteiger charge is 2.39. The molecule has 0 radical (unpaired) electrons. The maximum absolute atomic E-state index is 6.23. The molecule has 1 atom stereocenters. The second-order valence-corrected chi connectivity index (χ2v) is 7.18. The highest BCUT2D eigenvalue weighted by atomic mass is 15.2. The van der Waals surface area contributed by atoms with Gasteiger partial charge in [-0.2, -0.15) is 0 Å². The van der Waals surface area contributed by atoms with Gasteiger partial charge in [0.15, 0.2) is 0 Å². The molecule has 2 heteroatoms. The summed E-state index contributed by atoms with van der Waals surface area (Å²) in [6.07, 6.45) is 12.5. The van der Waals surface area contributed by atoms with Crippen LogP contribution in [0.4, 0.5) is 0 Å². The van der Waals surface area contributed by atoms with Gasteiger partial charge in [-0.15, -0.1) is 0 Å². The van der Waals surface area contributed by atoms with Crippen molar-refractivity contribution in [2.45, 2.75) is 77.2 Å². The first-order valence-corrected chi connectivity index (χ1v) is 8.65. The molecule has 2 rings (SSSR count). The average Bonchev–Trinajstić information content (AvgIpc) is 2.66. The first kappa shape index (κ1) is 15.3. The Labute approximate surface area is 120 Å². The predicted molar refractivity (Wildman–Crippen MR) is 83.2 cm³/mol. The van der Waals surface area contributed by atoms with E-state index in [4.69, 9.17) is 5.73 Å². The van der Waals surface area contributed by atoms with Gasteiger partial charge in [0.1, 0.15) is 0 Å². The normalized spacial score (nSPS) is 38.1. The average molecular weight is 266 g/mol. The van der Waals surface area contributed by atoms with Crippen LogP contribution in [0.5, 0.6) is 0 Å². The molecule has 2 aliphatic rings. The lowest BCUT2D eigenvalue weighted by atomic mass is 9.74. The fourth-order valence-corrected chi connectivity index (χ4v) is 4.30. The third-order valence-electron chi connectivity index (χ3n) is 5.80. The molecule has 0 bridgehead atoms. The first-order chi connectivity index (χ1) is 9.20. The molecular weight excluding hydrogens is 232 g/mol. The maximum atomic E-state index is 6.23. The minimum absolute atomic E-state index is 0.355. The summed E-state index contributed by atoms with van der Waals surface area (Å²) in [6.45, 7) is 8.19. The van der Waals surface area contributed by atoms with E-state index in [1.165, 1.54) is 70.9 Å². The van der Waals surface area contributed by atoms with Crippen LogP contribution in [-0.4, -0.2) is 30.1 Å². The van der Waals surface area contributed by atoms with Crippen LogP contribution in [-0.2, 0) is 0 Å². The monoisotopic (exact) mass is 266 g/mol. The summed E-state index contributed by atoms with van der Waals surface area (Å²) in [5.74, 6) is 1.90. The number of likely N-dealkylation sites (tertiary alicyclic amines) is 1. The minimum Gasteiger partial charge on any atom is -0.329 e. The lowest BCUT2D eigenvalue weighted by Gasteiger charge is -2.47. The Kier molecular flexibility index (Phi) is 5.70. The molecule has 1 aliphatic carbocycles. The third-order valence-corrected chi connectivity index (χ3v) is 5.80. The quantitative estimate of drug-likeness (QED) is 0.838. The summed E-state index contributed by atoms with van der Waals surface area (Å²) in [6, 6.07) is 0. The zero-order valence-electron chi connectivity index (χ0n) is 13.2. The van der Waals surface area contributed by atoms with Crippen molar-refractivity contribution >= 4 is 0 Å². The molecule has 0 aromatic heterocycles. The predicted octanol–water partition coefficient (Wildman–Crippen LogP) is 3.80. The van der Waals surface area contributed by atoms with E-state index in [1.54, 1.807) is 0 Å². The highest BCUT2D eigenvalue weighted by Crippen LogP contribution is 2.39. The summed E-state index contributed by atoms with van der Waals surface area (Å²) < 4.78 is 0. The number of nitrogens with zero attached hydrogens (tertiary/aromatic N) is 1. The molecule has 1 saturated heterocycles. The molecule has 112 valence electrons. The third kappa shape index (κ3) is 3.72. The molecule has 2 N–H and O–H groups in total. The van der Waals surface area contributed by atoms with Gasteiger partial charge in [-0.1, -0.05) is 26.7 Å². The van der Waals surface area contributed by atoms with Gasteiger partial charge in [0, 0.05) is 12.1 Å². The lowest BCUT2D eigenvalue weighted by Crippen LogP contribution is -2.56. The van der Waals surface area contributed by atoms with Crippen molar-refractivity contribution in [3.05, 3.63) is 0 Å². The number of rotatable bonds is 4. The number of hydrogen-bond acceptors (Lipinski definition) is 2. The van der Waals surface area contributed by atoms with Crippen LogP contribution in [0, 0.1) is 11.8 Å². The molecule has 1 saturated carbocycles. The molecule has 19 heavy (non-hydrogen) atoms. The van der Waals surface area contributed by atoms with Crippen LogP contribution in [0.15, 0.2) is 0 Å². The summed E-state index contributed by atoms with van der Waals surface area (Å²) in [7, 11) is 0. The summed E-state index contributed by atoms with van der Waals surface area (Å²) in [4.78, 5) is 2.78. The van der Waals surface area contributed by atoms with Crippen molar-refractivity contribution in [2.24, 2.45) is 17.6 Å². The van der Waals surface area contributed by atoms with Gasteiger partial charge in [-0.25, -0.2) is 0 Å². The van der Waals surface area contributed by atoms with Crippen molar-refractivity contribution in [3.8, 4) is 0 Å². The molecule has 0 aromatic carbocycles. The fourth-order valence-electron chi connectivity index (χ4n) is 4.30. The van der Waals surface area contributed by atoms with Gasteiger partial charge in [0.25, 0.3) is 0 Å². The molecule has 1 unspecified atom stereocenters. The van der Waals surface area contributed by atoms with Gasteiger partial charge in [-0.3, -0.25) is 4.90 Å². The van der Waals surface area contributed by atoms with Crippen LogP contribution in [0.1, 0.15) is 71.6 Å². The van der Waals surface area contributed by atoms with Crippen LogP contribution in [0.25, 0.3) is 0 Å². The Bertz CT molecular complexity index is 256. The van der Waals surface area contributed by atoms with E-state index in [1.807, 2.05) is 0 Å². The van der Waals surface area contributed by atoms with Crippen molar-refractivity contribution in [2.75, 3.05) is 19.6 Å². The molecule has 2 nitrogen and oxygen atoms in total. The van der Waals surface area contributed by atoms with Crippen LogP contribution in [0.3, 0.4) is 0 Å². The van der Waals surface area contributed by atoms with Crippen molar-refractivity contribution in [3.63, 3.8) is 0 Å². The topological polar surface area (TPSA) is 29.3 Å². The second kappa shape index (κ2) is 7.08. The highest BCUT2D eigenvalue weighted by molar-refractivity contribution is 4.96. The molecule has 1 heterocycles. The number of hydrogen-bond donors (Lipinski definition) is 1. The van der Waals surface area contributed by atoms with E-state index in [-0.39, 0.29) is 0 Å². The van der Waals surface area contributed by atoms with Gasteiger partial charge < -0.3 is 5.73 Å². The van der Waals surface area contributed by atoms with E-state index in [0.29, 0.717) is 5.54 Å². The standard InChI is InChI=1S/C17H34N2/c1-3-5-16-7-10-17(14-18,11-8-16)19-12-4-6-15(2)9-13-19/h15-16H,3-14,18H2,1-2H3. The van der Waals surface area contributed by atoms with E-state index >= 15 is 0 Å². The Balaban J connectivity index is 1.95. The van der Waals surface area contributed by atoms with E-state index in [2.05, 4.69) is 18.7 Å². The van der Waals surface area contributed by atoms with E-state index < -0.39 is 0 Å². The van der Waals surface area contributed by atoms with Gasteiger partial charge in [-0.05, 0) is 69.9 Å². The van der Waals surface area contributed by atoms with E-state index in [0.717, 1.165) is 18.4 Å². The summed E-state index contributed by atoms with van der Waals surface area (Å²) >= 11 is 0. The van der Waals surface area contributed by atoms with Crippen LogP contribution in [0.2, 0.25) is 0 Å². The Morgan fingerprint density at radius 2 is 1.84 bits per heavy atom. The SMILES string of the molecule is CCCC1CCC(CN)(N2CCCC(C)CC2)CC1. The smallest absolute Gasteiger partial charge is 0.0331 e. The van der Waals surface area contributed by atoms with Gasteiger partial charge in [0.2, 0.25) is 0 Å². The van der Waals surface area contributed by atoms with Gasteiger partial charge in [0.05, 0.1) is 0 Å². The molecule has 0 spiro atoms. The fraction of sp³-hybridized carbons (Fsp3) is 1.00. The van der Waals surface area contributed by atoms with Crippen molar-refractivity contribution < 1.29 is 0 Å². The van der Waals surface area contributed by atoms with E-state index in [9.17, 15) is 0 Å². The zero-order chi connectivity index (χ0) is 13.7. The lowest BCUT2D eigenvalue weighted by molar-refractivity contribution is 0.0428. The largest absolute Gasteiger partial charge is 0.329 e. The number of nitrogens with two attached hydrogens (primary N) is 1. The molecule has 0 aromatic rings. The zero-order valence-corrected chi connectivity index (χ0v) is 13.2. The summed E-state index contributed by atoms with van der Waals surface area (Å²) in [5.41, 5.74) is 6.59. The van der Waals surface area contributed by atoms with Crippen LogP contribution < -0.4 is 5.73 Å². The Hall–Kier alpha value is -0.0800. The second-order valence-electron chi connectivity index (χ2n) is 7.18. The molecule has 1 aliphatic heterocycles. The van der Waals surface area contributed by atoms with Gasteiger partial charge >= 0.3 is 0 Å². The van der Waals surface area contributed by atoms with Crippen LogP contribution >= 0.6 is 0 Å².